The Kier molecular flexibility index (Phi) is 4.46. The first-order valence-corrected chi connectivity index (χ1v) is 7.16. The fourth-order valence-corrected chi connectivity index (χ4v) is 2.26. The molecule has 0 aliphatic carbocycles. The van der Waals surface area contributed by atoms with Crippen LogP contribution in [-0.2, 0) is 13.0 Å². The van der Waals surface area contributed by atoms with Crippen LogP contribution in [-0.4, -0.2) is 26.7 Å². The molecule has 0 fully saturated rings. The summed E-state index contributed by atoms with van der Waals surface area (Å²) < 4.78 is 7.47. The highest BCUT2D eigenvalue weighted by atomic mass is 16.5. The van der Waals surface area contributed by atoms with E-state index >= 15 is 0 Å². The summed E-state index contributed by atoms with van der Waals surface area (Å²) in [5, 5.41) is 17.6. The molecule has 1 heterocycles. The Bertz CT molecular complexity index is 711. The third-order valence-corrected chi connectivity index (χ3v) is 3.34. The maximum atomic E-state index is 9.44. The van der Waals surface area contributed by atoms with Crippen LogP contribution in [0.1, 0.15) is 11.4 Å². The summed E-state index contributed by atoms with van der Waals surface area (Å²) in [5.74, 6) is 0.826. The molecule has 0 aliphatic rings. The summed E-state index contributed by atoms with van der Waals surface area (Å²) in [4.78, 5) is 0. The van der Waals surface area contributed by atoms with Gasteiger partial charge in [-0.3, -0.25) is 0 Å². The summed E-state index contributed by atoms with van der Waals surface area (Å²) in [5.41, 5.74) is 2.37. The minimum absolute atomic E-state index is 0.131. The molecule has 2 aromatic carbocycles. The van der Waals surface area contributed by atoms with E-state index in [2.05, 4.69) is 10.3 Å². The molecule has 0 atom stereocenters. The van der Waals surface area contributed by atoms with Gasteiger partial charge in [0.15, 0.2) is 0 Å². The summed E-state index contributed by atoms with van der Waals surface area (Å²) in [7, 11) is 0. The minimum Gasteiger partial charge on any atom is -0.493 e. The van der Waals surface area contributed by atoms with E-state index in [1.807, 2.05) is 60.7 Å². The Morgan fingerprint density at radius 2 is 1.64 bits per heavy atom. The Morgan fingerprint density at radius 3 is 2.32 bits per heavy atom. The van der Waals surface area contributed by atoms with Crippen LogP contribution < -0.4 is 4.74 Å². The van der Waals surface area contributed by atoms with E-state index in [1.54, 1.807) is 4.68 Å². The first kappa shape index (κ1) is 14.3. The summed E-state index contributed by atoms with van der Waals surface area (Å²) >= 11 is 0. The molecule has 0 amide bonds. The molecule has 5 heteroatoms. The van der Waals surface area contributed by atoms with Gasteiger partial charge in [0.2, 0.25) is 0 Å². The molecule has 0 aliphatic heterocycles. The number of para-hydroxylation sites is 2. The highest BCUT2D eigenvalue weighted by Gasteiger charge is 2.13. The van der Waals surface area contributed by atoms with Crippen molar-refractivity contribution in [1.82, 2.24) is 15.0 Å². The minimum atomic E-state index is -0.131. The van der Waals surface area contributed by atoms with Crippen molar-refractivity contribution in [3.8, 4) is 11.4 Å². The topological polar surface area (TPSA) is 60.2 Å². The van der Waals surface area contributed by atoms with E-state index < -0.39 is 0 Å². The van der Waals surface area contributed by atoms with Crippen LogP contribution in [0.4, 0.5) is 0 Å². The molecule has 1 aromatic heterocycles. The Balaban J connectivity index is 1.76. The van der Waals surface area contributed by atoms with Gasteiger partial charge in [-0.25, -0.2) is 4.68 Å². The zero-order chi connectivity index (χ0) is 15.2. The third-order valence-electron chi connectivity index (χ3n) is 3.34. The standard InChI is InChI=1S/C17H17N3O2/c21-13-16-17(11-12-22-15-9-5-2-6-10-15)20(19-18-16)14-7-3-1-4-8-14/h1-10,21H,11-13H2. The number of benzene rings is 2. The highest BCUT2D eigenvalue weighted by molar-refractivity contribution is 5.33. The second-order valence-electron chi connectivity index (χ2n) is 4.80. The van der Waals surface area contributed by atoms with Crippen molar-refractivity contribution < 1.29 is 9.84 Å². The van der Waals surface area contributed by atoms with Gasteiger partial charge >= 0.3 is 0 Å². The number of aliphatic hydroxyl groups is 1. The lowest BCUT2D eigenvalue weighted by Crippen LogP contribution is -2.09. The second-order valence-corrected chi connectivity index (χ2v) is 4.80. The quantitative estimate of drug-likeness (QED) is 0.758. The highest BCUT2D eigenvalue weighted by Crippen LogP contribution is 2.15. The lowest BCUT2D eigenvalue weighted by molar-refractivity contribution is 0.273. The van der Waals surface area contributed by atoms with Crippen LogP contribution in [0.5, 0.6) is 5.75 Å². The summed E-state index contributed by atoms with van der Waals surface area (Å²) in [6.07, 6.45) is 0.618. The maximum Gasteiger partial charge on any atom is 0.119 e. The van der Waals surface area contributed by atoms with Gasteiger partial charge < -0.3 is 9.84 Å². The average molecular weight is 295 g/mol. The van der Waals surface area contributed by atoms with Crippen LogP contribution in [0.25, 0.3) is 5.69 Å². The Labute approximate surface area is 128 Å². The van der Waals surface area contributed by atoms with Gasteiger partial charge in [-0.05, 0) is 24.3 Å². The maximum absolute atomic E-state index is 9.44. The zero-order valence-electron chi connectivity index (χ0n) is 12.1. The molecule has 22 heavy (non-hydrogen) atoms. The first-order valence-electron chi connectivity index (χ1n) is 7.16. The van der Waals surface area contributed by atoms with Gasteiger partial charge in [0, 0.05) is 6.42 Å². The lowest BCUT2D eigenvalue weighted by Gasteiger charge is -2.09. The van der Waals surface area contributed by atoms with Crippen LogP contribution in [0, 0.1) is 0 Å². The Hall–Kier alpha value is -2.66. The zero-order valence-corrected chi connectivity index (χ0v) is 12.1. The molecule has 0 bridgehead atoms. The predicted molar refractivity (Wildman–Crippen MR) is 82.9 cm³/mol. The van der Waals surface area contributed by atoms with Crippen LogP contribution in [0.3, 0.4) is 0 Å². The van der Waals surface area contributed by atoms with Gasteiger partial charge in [0.05, 0.1) is 24.6 Å². The lowest BCUT2D eigenvalue weighted by atomic mass is 10.2. The summed E-state index contributed by atoms with van der Waals surface area (Å²) in [6.45, 7) is 0.366. The van der Waals surface area contributed by atoms with Crippen molar-refractivity contribution in [2.24, 2.45) is 0 Å². The number of hydrogen-bond donors (Lipinski definition) is 1. The number of aliphatic hydroxyl groups excluding tert-OH is 1. The smallest absolute Gasteiger partial charge is 0.119 e. The van der Waals surface area contributed by atoms with E-state index in [-0.39, 0.29) is 6.61 Å². The van der Waals surface area contributed by atoms with Crippen LogP contribution >= 0.6 is 0 Å². The van der Waals surface area contributed by atoms with Crippen LogP contribution in [0.2, 0.25) is 0 Å². The van der Waals surface area contributed by atoms with Crippen molar-refractivity contribution in [2.75, 3.05) is 6.61 Å². The molecule has 0 saturated heterocycles. The molecule has 0 unspecified atom stereocenters. The monoisotopic (exact) mass is 295 g/mol. The van der Waals surface area contributed by atoms with E-state index in [9.17, 15) is 5.11 Å². The SMILES string of the molecule is OCc1nnn(-c2ccccc2)c1CCOc1ccccc1. The van der Waals surface area contributed by atoms with E-state index in [4.69, 9.17) is 4.74 Å². The van der Waals surface area contributed by atoms with Crippen molar-refractivity contribution in [2.45, 2.75) is 13.0 Å². The van der Waals surface area contributed by atoms with Gasteiger partial charge in [-0.1, -0.05) is 41.6 Å². The second kappa shape index (κ2) is 6.87. The molecular formula is C17H17N3O2. The first-order chi connectivity index (χ1) is 10.9. The molecule has 3 aromatic rings. The van der Waals surface area contributed by atoms with E-state index in [1.165, 1.54) is 0 Å². The number of aromatic nitrogens is 3. The van der Waals surface area contributed by atoms with E-state index in [0.29, 0.717) is 18.7 Å². The molecule has 0 spiro atoms. The van der Waals surface area contributed by atoms with Crippen molar-refractivity contribution in [3.63, 3.8) is 0 Å². The predicted octanol–water partition coefficient (Wildman–Crippen LogP) is 2.38. The molecule has 5 nitrogen and oxygen atoms in total. The summed E-state index contributed by atoms with van der Waals surface area (Å²) in [6, 6.07) is 19.4. The number of ether oxygens (including phenoxy) is 1. The molecule has 0 radical (unpaired) electrons. The molecule has 112 valence electrons. The van der Waals surface area contributed by atoms with Crippen molar-refractivity contribution >= 4 is 0 Å². The molecule has 3 rings (SSSR count). The number of hydrogen-bond acceptors (Lipinski definition) is 4. The largest absolute Gasteiger partial charge is 0.493 e. The molecule has 1 N–H and O–H groups in total. The van der Waals surface area contributed by atoms with Gasteiger partial charge in [0.25, 0.3) is 0 Å². The fraction of sp³-hybridized carbons (Fsp3) is 0.176. The molecule has 0 saturated carbocycles. The third kappa shape index (κ3) is 3.15. The van der Waals surface area contributed by atoms with Crippen molar-refractivity contribution in [3.05, 3.63) is 72.1 Å². The van der Waals surface area contributed by atoms with Gasteiger partial charge in [0.1, 0.15) is 11.4 Å². The number of rotatable bonds is 6. The number of nitrogens with zero attached hydrogens (tertiary/aromatic N) is 3. The van der Waals surface area contributed by atoms with E-state index in [0.717, 1.165) is 17.1 Å². The average Bonchev–Trinajstić information content (AvgIpc) is 2.99. The molecular weight excluding hydrogens is 278 g/mol. The van der Waals surface area contributed by atoms with Gasteiger partial charge in [-0.2, -0.15) is 0 Å². The normalized spacial score (nSPS) is 10.6. The van der Waals surface area contributed by atoms with Crippen LogP contribution in [0.15, 0.2) is 60.7 Å². The van der Waals surface area contributed by atoms with Gasteiger partial charge in [-0.15, -0.1) is 5.10 Å². The fourth-order valence-electron chi connectivity index (χ4n) is 2.26. The Morgan fingerprint density at radius 1 is 0.955 bits per heavy atom. The van der Waals surface area contributed by atoms with Crippen molar-refractivity contribution in [1.29, 1.82) is 0 Å².